The van der Waals surface area contributed by atoms with Crippen LogP contribution >= 0.6 is 0 Å². The number of fused-ring (bicyclic) bond motifs is 1. The van der Waals surface area contributed by atoms with E-state index in [0.29, 0.717) is 5.89 Å². The Morgan fingerprint density at radius 1 is 1.32 bits per heavy atom. The van der Waals surface area contributed by atoms with Crippen molar-refractivity contribution < 1.29 is 9.15 Å². The third-order valence-electron chi connectivity index (χ3n) is 5.00. The molecule has 100 valence electrons. The molecule has 2 aliphatic rings. The van der Waals surface area contributed by atoms with Gasteiger partial charge in [0.15, 0.2) is 11.5 Å². The minimum Gasteiger partial charge on any atom is -0.441 e. The second-order valence-corrected chi connectivity index (χ2v) is 5.97. The average molecular weight is 258 g/mol. The van der Waals surface area contributed by atoms with E-state index >= 15 is 0 Å². The Labute approximate surface area is 111 Å². The van der Waals surface area contributed by atoms with Gasteiger partial charge in [-0.05, 0) is 42.5 Å². The maximum absolute atomic E-state index is 6.03. The fourth-order valence-electron chi connectivity index (χ4n) is 3.45. The first-order chi connectivity index (χ1) is 9.19. The van der Waals surface area contributed by atoms with Gasteiger partial charge < -0.3 is 14.9 Å². The van der Waals surface area contributed by atoms with Crippen LogP contribution in [0, 0.1) is 12.3 Å². The van der Waals surface area contributed by atoms with Gasteiger partial charge in [-0.3, -0.25) is 0 Å². The molecule has 2 heterocycles. The monoisotopic (exact) mass is 258 g/mol. The molecule has 2 fully saturated rings. The molecule has 1 aliphatic carbocycles. The van der Waals surface area contributed by atoms with E-state index in [2.05, 4.69) is 17.1 Å². The van der Waals surface area contributed by atoms with Crippen molar-refractivity contribution in [3.05, 3.63) is 29.7 Å². The van der Waals surface area contributed by atoms with E-state index in [0.717, 1.165) is 30.9 Å². The molecule has 0 radical (unpaired) electrons. The Balaban J connectivity index is 1.84. The lowest BCUT2D eigenvalue weighted by Gasteiger charge is -2.48. The van der Waals surface area contributed by atoms with Gasteiger partial charge in [-0.2, -0.15) is 0 Å². The van der Waals surface area contributed by atoms with Crippen molar-refractivity contribution in [3.8, 4) is 0 Å². The molecule has 19 heavy (non-hydrogen) atoms. The molecule has 0 unspecified atom stereocenters. The standard InChI is InChI=1S/C15H18N2O2/c1-10-17-12-3-2-11(6-13(12)19-10)15(8-18-9-15)14(7-16)4-5-14/h2-3,6H,4-5,7-9,16H2,1H3. The van der Waals surface area contributed by atoms with Gasteiger partial charge >= 0.3 is 0 Å². The van der Waals surface area contributed by atoms with Crippen molar-refractivity contribution in [2.24, 2.45) is 11.1 Å². The number of ether oxygens (including phenoxy) is 1. The van der Waals surface area contributed by atoms with Crippen LogP contribution in [0.15, 0.2) is 22.6 Å². The smallest absolute Gasteiger partial charge is 0.192 e. The maximum Gasteiger partial charge on any atom is 0.192 e. The third-order valence-corrected chi connectivity index (χ3v) is 5.00. The number of aromatic nitrogens is 1. The lowest BCUT2D eigenvalue weighted by molar-refractivity contribution is -0.0972. The predicted octanol–water partition coefficient (Wildman–Crippen LogP) is 2.14. The van der Waals surface area contributed by atoms with E-state index < -0.39 is 0 Å². The number of nitrogens with zero attached hydrogens (tertiary/aromatic N) is 1. The second-order valence-electron chi connectivity index (χ2n) is 5.97. The third kappa shape index (κ3) is 1.38. The highest BCUT2D eigenvalue weighted by atomic mass is 16.5. The zero-order valence-electron chi connectivity index (χ0n) is 11.1. The van der Waals surface area contributed by atoms with Gasteiger partial charge in [-0.15, -0.1) is 0 Å². The largest absolute Gasteiger partial charge is 0.441 e. The van der Waals surface area contributed by atoms with E-state index in [9.17, 15) is 0 Å². The van der Waals surface area contributed by atoms with Gasteiger partial charge in [-0.1, -0.05) is 6.07 Å². The van der Waals surface area contributed by atoms with Crippen LogP contribution in [-0.4, -0.2) is 24.7 Å². The van der Waals surface area contributed by atoms with E-state index in [1.807, 2.05) is 13.0 Å². The van der Waals surface area contributed by atoms with Crippen LogP contribution in [0.25, 0.3) is 11.1 Å². The summed E-state index contributed by atoms with van der Waals surface area (Å²) >= 11 is 0. The van der Waals surface area contributed by atoms with E-state index in [-0.39, 0.29) is 10.8 Å². The van der Waals surface area contributed by atoms with Gasteiger partial charge in [0.1, 0.15) is 5.52 Å². The zero-order chi connectivity index (χ0) is 13.1. The Kier molecular flexibility index (Phi) is 2.16. The summed E-state index contributed by atoms with van der Waals surface area (Å²) in [7, 11) is 0. The molecule has 1 saturated heterocycles. The minimum absolute atomic E-state index is 0.0939. The summed E-state index contributed by atoms with van der Waals surface area (Å²) in [6.45, 7) is 4.18. The Morgan fingerprint density at radius 2 is 2.11 bits per heavy atom. The van der Waals surface area contributed by atoms with Crippen LogP contribution in [-0.2, 0) is 10.2 Å². The van der Waals surface area contributed by atoms with Crippen molar-refractivity contribution in [1.82, 2.24) is 4.98 Å². The van der Waals surface area contributed by atoms with E-state index in [1.165, 1.54) is 18.4 Å². The van der Waals surface area contributed by atoms with Gasteiger partial charge in [0.2, 0.25) is 0 Å². The summed E-state index contributed by atoms with van der Waals surface area (Å²) in [6.07, 6.45) is 2.42. The first-order valence-corrected chi connectivity index (χ1v) is 6.85. The van der Waals surface area contributed by atoms with Crippen LogP contribution in [0.2, 0.25) is 0 Å². The van der Waals surface area contributed by atoms with Crippen LogP contribution in [0.5, 0.6) is 0 Å². The summed E-state index contributed by atoms with van der Waals surface area (Å²) < 4.78 is 11.2. The minimum atomic E-state index is 0.0939. The number of hydrogen-bond acceptors (Lipinski definition) is 4. The zero-order valence-corrected chi connectivity index (χ0v) is 11.1. The molecule has 1 aromatic heterocycles. The van der Waals surface area contributed by atoms with E-state index in [4.69, 9.17) is 14.9 Å². The molecular weight excluding hydrogens is 240 g/mol. The van der Waals surface area contributed by atoms with Crippen molar-refractivity contribution in [2.75, 3.05) is 19.8 Å². The Hall–Kier alpha value is -1.39. The summed E-state index contributed by atoms with van der Waals surface area (Å²) in [5.74, 6) is 0.714. The molecule has 0 spiro atoms. The normalized spacial score (nSPS) is 23.3. The van der Waals surface area contributed by atoms with Crippen molar-refractivity contribution >= 4 is 11.1 Å². The SMILES string of the molecule is Cc1nc2ccc(C3(C4(CN)CC4)COC3)cc2o1. The molecule has 2 N–H and O–H groups in total. The molecular formula is C15H18N2O2. The molecule has 4 heteroatoms. The van der Waals surface area contributed by atoms with Crippen LogP contribution in [0.3, 0.4) is 0 Å². The molecule has 2 aromatic rings. The number of benzene rings is 1. The molecule has 1 saturated carbocycles. The predicted molar refractivity (Wildman–Crippen MR) is 72.0 cm³/mol. The summed E-state index contributed by atoms with van der Waals surface area (Å²) in [5.41, 5.74) is 9.46. The van der Waals surface area contributed by atoms with Crippen LogP contribution in [0.4, 0.5) is 0 Å². The highest BCUT2D eigenvalue weighted by molar-refractivity contribution is 5.74. The molecule has 4 nitrogen and oxygen atoms in total. The van der Waals surface area contributed by atoms with Crippen molar-refractivity contribution in [1.29, 1.82) is 0 Å². The van der Waals surface area contributed by atoms with Crippen molar-refractivity contribution in [2.45, 2.75) is 25.2 Å². The second kappa shape index (κ2) is 3.58. The summed E-state index contributed by atoms with van der Waals surface area (Å²) in [4.78, 5) is 4.36. The molecule has 0 bridgehead atoms. The number of nitrogens with two attached hydrogens (primary N) is 1. The molecule has 0 amide bonds. The first-order valence-electron chi connectivity index (χ1n) is 6.85. The number of hydrogen-bond donors (Lipinski definition) is 1. The number of aryl methyl sites for hydroxylation is 1. The number of rotatable bonds is 3. The molecule has 1 aliphatic heterocycles. The van der Waals surface area contributed by atoms with Gasteiger partial charge in [0, 0.05) is 12.3 Å². The van der Waals surface area contributed by atoms with Gasteiger partial charge in [-0.25, -0.2) is 4.98 Å². The van der Waals surface area contributed by atoms with E-state index in [1.54, 1.807) is 0 Å². The summed E-state index contributed by atoms with van der Waals surface area (Å²) in [6, 6.07) is 6.35. The van der Waals surface area contributed by atoms with Crippen LogP contribution < -0.4 is 5.73 Å². The van der Waals surface area contributed by atoms with Crippen LogP contribution in [0.1, 0.15) is 24.3 Å². The fraction of sp³-hybridized carbons (Fsp3) is 0.533. The molecule has 0 atom stereocenters. The highest BCUT2D eigenvalue weighted by Gasteiger charge is 2.62. The molecule has 1 aromatic carbocycles. The molecule has 4 rings (SSSR count). The van der Waals surface area contributed by atoms with Gasteiger partial charge in [0.05, 0.1) is 13.2 Å². The Bertz CT molecular complexity index is 639. The van der Waals surface area contributed by atoms with Gasteiger partial charge in [0.25, 0.3) is 0 Å². The first kappa shape index (κ1) is 11.4. The quantitative estimate of drug-likeness (QED) is 0.916. The fourth-order valence-corrected chi connectivity index (χ4v) is 3.45. The Morgan fingerprint density at radius 3 is 2.68 bits per heavy atom. The topological polar surface area (TPSA) is 61.3 Å². The lowest BCUT2D eigenvalue weighted by atomic mass is 9.66. The van der Waals surface area contributed by atoms with Crippen molar-refractivity contribution in [3.63, 3.8) is 0 Å². The number of oxazole rings is 1. The lowest BCUT2D eigenvalue weighted by Crippen LogP contribution is -2.55. The maximum atomic E-state index is 6.03. The average Bonchev–Trinajstić information content (AvgIpc) is 3.04. The summed E-state index contributed by atoms with van der Waals surface area (Å²) in [5, 5.41) is 0. The highest BCUT2D eigenvalue weighted by Crippen LogP contribution is 2.61.